The van der Waals surface area contributed by atoms with Crippen molar-refractivity contribution in [1.29, 1.82) is 0 Å². The quantitative estimate of drug-likeness (QED) is 0.811. The third kappa shape index (κ3) is 4.02. The highest BCUT2D eigenvalue weighted by Crippen LogP contribution is 2.22. The second-order valence-electron chi connectivity index (χ2n) is 6.12. The van der Waals surface area contributed by atoms with Gasteiger partial charge in [0.1, 0.15) is 0 Å². The molecule has 0 atom stereocenters. The molecular weight excluding hydrogens is 298 g/mol. The number of aromatic nitrogens is 1. The Kier molecular flexibility index (Phi) is 5.26. The van der Waals surface area contributed by atoms with Crippen LogP contribution in [0.1, 0.15) is 18.4 Å². The van der Waals surface area contributed by atoms with Crippen molar-refractivity contribution >= 4 is 17.7 Å². The lowest BCUT2D eigenvalue weighted by atomic mass is 10.0. The highest BCUT2D eigenvalue weighted by atomic mass is 16.2. The molecule has 1 aliphatic rings. The van der Waals surface area contributed by atoms with Gasteiger partial charge in [0.15, 0.2) is 0 Å². The fourth-order valence-electron chi connectivity index (χ4n) is 3.09. The summed E-state index contributed by atoms with van der Waals surface area (Å²) in [5, 5.41) is 0. The third-order valence-corrected chi connectivity index (χ3v) is 4.59. The van der Waals surface area contributed by atoms with Crippen LogP contribution in [0.4, 0.5) is 5.69 Å². The Morgan fingerprint density at radius 1 is 1.17 bits per heavy atom. The predicted molar refractivity (Wildman–Crippen MR) is 97.7 cm³/mol. The zero-order valence-electron chi connectivity index (χ0n) is 14.0. The van der Waals surface area contributed by atoms with Crippen molar-refractivity contribution in [1.82, 2.24) is 9.88 Å². The summed E-state index contributed by atoms with van der Waals surface area (Å²) in [6, 6.07) is 14.7. The van der Waals surface area contributed by atoms with Crippen LogP contribution in [0.5, 0.6) is 0 Å². The molecule has 24 heavy (non-hydrogen) atoms. The largest absolute Gasteiger partial charge is 0.371 e. The summed E-state index contributed by atoms with van der Waals surface area (Å²) in [4.78, 5) is 20.6. The molecule has 1 amide bonds. The van der Waals surface area contributed by atoms with E-state index in [-0.39, 0.29) is 5.91 Å². The molecule has 1 aromatic carbocycles. The number of amides is 1. The smallest absolute Gasteiger partial charge is 0.246 e. The first-order chi connectivity index (χ1) is 11.7. The lowest BCUT2D eigenvalue weighted by Crippen LogP contribution is -2.45. The van der Waals surface area contributed by atoms with Crippen LogP contribution in [0.3, 0.4) is 0 Å². The van der Waals surface area contributed by atoms with Crippen LogP contribution in [-0.2, 0) is 4.79 Å². The van der Waals surface area contributed by atoms with Gasteiger partial charge in [-0.05, 0) is 42.7 Å². The van der Waals surface area contributed by atoms with E-state index in [1.807, 2.05) is 29.2 Å². The Balaban J connectivity index is 1.53. The number of para-hydroxylation sites is 1. The maximum absolute atomic E-state index is 12.3. The fourth-order valence-corrected chi connectivity index (χ4v) is 3.09. The van der Waals surface area contributed by atoms with Crippen LogP contribution >= 0.6 is 0 Å². The van der Waals surface area contributed by atoms with Crippen molar-refractivity contribution in [2.45, 2.75) is 18.9 Å². The van der Waals surface area contributed by atoms with Gasteiger partial charge in [0.05, 0.1) is 0 Å². The van der Waals surface area contributed by atoms with E-state index in [4.69, 9.17) is 0 Å². The molecule has 3 rings (SSSR count). The van der Waals surface area contributed by atoms with Crippen LogP contribution < -0.4 is 4.90 Å². The van der Waals surface area contributed by atoms with Crippen molar-refractivity contribution in [2.75, 3.05) is 25.0 Å². The molecule has 1 aromatic heterocycles. The molecule has 0 unspecified atom stereocenters. The number of carbonyl (C=O) groups excluding carboxylic acids is 1. The standard InChI is InChI=1S/C20H23N3O/c1-22(18-7-3-2-4-8-18)19-11-14-23(15-12-19)20(24)10-9-17-6-5-13-21-16-17/h2-10,13,16,19H,11-12,14-15H2,1H3/b10-9-. The number of pyridine rings is 1. The Bertz CT molecular complexity index is 677. The van der Waals surface area contributed by atoms with E-state index in [0.29, 0.717) is 6.04 Å². The minimum absolute atomic E-state index is 0.0830. The maximum Gasteiger partial charge on any atom is 0.246 e. The second kappa shape index (κ2) is 7.77. The Labute approximate surface area is 143 Å². The fraction of sp³-hybridized carbons (Fsp3) is 0.300. The average molecular weight is 321 g/mol. The minimum Gasteiger partial charge on any atom is -0.371 e. The summed E-state index contributed by atoms with van der Waals surface area (Å²) < 4.78 is 0. The molecule has 0 saturated carbocycles. The van der Waals surface area contributed by atoms with Gasteiger partial charge in [-0.25, -0.2) is 0 Å². The normalized spacial score (nSPS) is 15.6. The van der Waals surface area contributed by atoms with Crippen LogP contribution in [0.25, 0.3) is 6.08 Å². The molecule has 2 heterocycles. The molecule has 1 saturated heterocycles. The number of anilines is 1. The van der Waals surface area contributed by atoms with E-state index in [1.165, 1.54) is 5.69 Å². The predicted octanol–water partition coefficient (Wildman–Crippen LogP) is 3.22. The van der Waals surface area contributed by atoms with Gasteiger partial charge >= 0.3 is 0 Å². The van der Waals surface area contributed by atoms with E-state index >= 15 is 0 Å². The Hall–Kier alpha value is -2.62. The zero-order valence-corrected chi connectivity index (χ0v) is 14.0. The molecule has 0 N–H and O–H groups in total. The molecular formula is C20H23N3O. The van der Waals surface area contributed by atoms with Crippen molar-refractivity contribution in [2.24, 2.45) is 0 Å². The number of carbonyl (C=O) groups is 1. The molecule has 0 aliphatic carbocycles. The lowest BCUT2D eigenvalue weighted by molar-refractivity contribution is -0.126. The third-order valence-electron chi connectivity index (χ3n) is 4.59. The topological polar surface area (TPSA) is 36.4 Å². The molecule has 1 aliphatic heterocycles. The minimum atomic E-state index is 0.0830. The molecule has 0 bridgehead atoms. The summed E-state index contributed by atoms with van der Waals surface area (Å²) in [5.41, 5.74) is 2.18. The maximum atomic E-state index is 12.3. The monoisotopic (exact) mass is 321 g/mol. The van der Waals surface area contributed by atoms with Crippen LogP contribution in [-0.4, -0.2) is 42.0 Å². The van der Waals surface area contributed by atoms with Gasteiger partial charge in [-0.1, -0.05) is 24.3 Å². The van der Waals surface area contributed by atoms with Crippen LogP contribution in [0.2, 0.25) is 0 Å². The van der Waals surface area contributed by atoms with Crippen molar-refractivity contribution < 1.29 is 4.79 Å². The number of rotatable bonds is 4. The number of hydrogen-bond acceptors (Lipinski definition) is 3. The molecule has 4 heteroatoms. The van der Waals surface area contributed by atoms with E-state index in [1.54, 1.807) is 18.5 Å². The van der Waals surface area contributed by atoms with Gasteiger partial charge in [0.25, 0.3) is 0 Å². The van der Waals surface area contributed by atoms with Crippen LogP contribution in [0.15, 0.2) is 60.9 Å². The van der Waals surface area contributed by atoms with Gasteiger partial charge in [0, 0.05) is 50.3 Å². The summed E-state index contributed by atoms with van der Waals surface area (Å²) in [5.74, 6) is 0.0830. The number of nitrogens with zero attached hydrogens (tertiary/aromatic N) is 3. The number of piperidine rings is 1. The molecule has 0 radical (unpaired) electrons. The molecule has 4 nitrogen and oxygen atoms in total. The number of benzene rings is 1. The highest BCUT2D eigenvalue weighted by molar-refractivity contribution is 5.91. The first-order valence-corrected chi connectivity index (χ1v) is 8.39. The Morgan fingerprint density at radius 2 is 1.92 bits per heavy atom. The van der Waals surface area contributed by atoms with E-state index in [0.717, 1.165) is 31.5 Å². The lowest BCUT2D eigenvalue weighted by Gasteiger charge is -2.37. The molecule has 1 fully saturated rings. The van der Waals surface area contributed by atoms with Crippen molar-refractivity contribution in [3.8, 4) is 0 Å². The van der Waals surface area contributed by atoms with E-state index in [9.17, 15) is 4.79 Å². The van der Waals surface area contributed by atoms with Gasteiger partial charge in [-0.3, -0.25) is 9.78 Å². The number of hydrogen-bond donors (Lipinski definition) is 0. The van der Waals surface area contributed by atoms with Gasteiger partial charge in [-0.15, -0.1) is 0 Å². The number of likely N-dealkylation sites (tertiary alicyclic amines) is 1. The summed E-state index contributed by atoms with van der Waals surface area (Å²) >= 11 is 0. The molecule has 0 spiro atoms. The SMILES string of the molecule is CN(c1ccccc1)C1CCN(C(=O)/C=C\c2cccnc2)CC1. The first kappa shape index (κ1) is 16.2. The zero-order chi connectivity index (χ0) is 16.8. The molecule has 2 aromatic rings. The first-order valence-electron chi connectivity index (χ1n) is 8.39. The van der Waals surface area contributed by atoms with Crippen molar-refractivity contribution in [3.63, 3.8) is 0 Å². The average Bonchev–Trinajstić information content (AvgIpc) is 2.67. The molecule has 124 valence electrons. The summed E-state index contributed by atoms with van der Waals surface area (Å²) in [6.07, 6.45) is 8.96. The van der Waals surface area contributed by atoms with Crippen molar-refractivity contribution in [3.05, 3.63) is 66.5 Å². The summed E-state index contributed by atoms with van der Waals surface area (Å²) in [6.45, 7) is 1.61. The summed E-state index contributed by atoms with van der Waals surface area (Å²) in [7, 11) is 2.14. The van der Waals surface area contributed by atoms with Gasteiger partial charge < -0.3 is 9.80 Å². The van der Waals surface area contributed by atoms with Gasteiger partial charge in [0.2, 0.25) is 5.91 Å². The second-order valence-corrected chi connectivity index (χ2v) is 6.12. The van der Waals surface area contributed by atoms with Gasteiger partial charge in [-0.2, -0.15) is 0 Å². The highest BCUT2D eigenvalue weighted by Gasteiger charge is 2.24. The Morgan fingerprint density at radius 3 is 2.58 bits per heavy atom. The van der Waals surface area contributed by atoms with E-state index < -0.39 is 0 Å². The van der Waals surface area contributed by atoms with E-state index in [2.05, 4.69) is 41.2 Å². The van der Waals surface area contributed by atoms with Crippen LogP contribution in [0, 0.1) is 0 Å².